The Bertz CT molecular complexity index is 396. The van der Waals surface area contributed by atoms with Gasteiger partial charge < -0.3 is 9.72 Å². The minimum absolute atomic E-state index is 0.115. The Morgan fingerprint density at radius 2 is 2.23 bits per heavy atom. The molecule has 2 aromatic rings. The van der Waals surface area contributed by atoms with Crippen LogP contribution in [0, 0.1) is 0 Å². The van der Waals surface area contributed by atoms with Gasteiger partial charge in [-0.15, -0.1) is 0 Å². The van der Waals surface area contributed by atoms with Gasteiger partial charge in [0.1, 0.15) is 19.0 Å². The van der Waals surface area contributed by atoms with Crippen LogP contribution in [0.25, 0.3) is 10.9 Å². The molecule has 0 amide bonds. The first-order valence-electron chi connectivity index (χ1n) is 4.16. The molecule has 0 unspecified atom stereocenters. The lowest BCUT2D eigenvalue weighted by Gasteiger charge is -2.03. The number of nitrogens with one attached hydrogen (secondary N) is 1. The highest BCUT2D eigenvalue weighted by atomic mass is 19.1. The first-order valence-corrected chi connectivity index (χ1v) is 4.16. The zero-order valence-electron chi connectivity index (χ0n) is 7.09. The summed E-state index contributed by atoms with van der Waals surface area (Å²) in [5, 5.41) is 0.996. The second-order valence-corrected chi connectivity index (χ2v) is 2.73. The van der Waals surface area contributed by atoms with E-state index >= 15 is 0 Å². The lowest BCUT2D eigenvalue weighted by atomic mass is 10.2. The van der Waals surface area contributed by atoms with E-state index < -0.39 is 6.67 Å². The standard InChI is InChI=1S/C10H10FNO/c11-5-7-13-10-3-1-2-9-8(10)4-6-12-9/h1-4,6,12H,5,7H2. The van der Waals surface area contributed by atoms with Crippen molar-refractivity contribution in [2.75, 3.05) is 13.3 Å². The molecular formula is C10H10FNO. The molecule has 0 aliphatic heterocycles. The summed E-state index contributed by atoms with van der Waals surface area (Å²) >= 11 is 0. The summed E-state index contributed by atoms with van der Waals surface area (Å²) in [5.41, 5.74) is 1.01. The second-order valence-electron chi connectivity index (χ2n) is 2.73. The number of H-pyrrole nitrogens is 1. The van der Waals surface area contributed by atoms with Gasteiger partial charge in [-0.1, -0.05) is 6.07 Å². The van der Waals surface area contributed by atoms with E-state index in [-0.39, 0.29) is 6.61 Å². The van der Waals surface area contributed by atoms with Crippen LogP contribution in [-0.2, 0) is 0 Å². The lowest BCUT2D eigenvalue weighted by molar-refractivity contribution is 0.276. The summed E-state index contributed by atoms with van der Waals surface area (Å²) in [6, 6.07) is 7.60. The van der Waals surface area contributed by atoms with Gasteiger partial charge in [0.25, 0.3) is 0 Å². The summed E-state index contributed by atoms with van der Waals surface area (Å²) in [7, 11) is 0. The van der Waals surface area contributed by atoms with E-state index in [1.165, 1.54) is 0 Å². The molecule has 0 radical (unpaired) electrons. The smallest absolute Gasteiger partial charge is 0.128 e. The fourth-order valence-corrected chi connectivity index (χ4v) is 1.33. The molecule has 0 saturated heterocycles. The number of fused-ring (bicyclic) bond motifs is 1. The first kappa shape index (κ1) is 8.10. The van der Waals surface area contributed by atoms with Crippen molar-refractivity contribution in [3.05, 3.63) is 30.5 Å². The highest BCUT2D eigenvalue weighted by Crippen LogP contribution is 2.24. The van der Waals surface area contributed by atoms with Crippen LogP contribution >= 0.6 is 0 Å². The minimum atomic E-state index is -0.458. The Labute approximate surface area is 75.3 Å². The number of alkyl halides is 1. The quantitative estimate of drug-likeness (QED) is 0.769. The number of ether oxygens (including phenoxy) is 1. The normalized spacial score (nSPS) is 10.5. The number of hydrogen-bond acceptors (Lipinski definition) is 1. The fraction of sp³-hybridized carbons (Fsp3) is 0.200. The van der Waals surface area contributed by atoms with Gasteiger partial charge in [0.15, 0.2) is 0 Å². The van der Waals surface area contributed by atoms with Gasteiger partial charge in [-0.3, -0.25) is 0 Å². The molecule has 1 aromatic heterocycles. The Kier molecular flexibility index (Phi) is 2.17. The third kappa shape index (κ3) is 1.49. The van der Waals surface area contributed by atoms with Gasteiger partial charge in [0.2, 0.25) is 0 Å². The van der Waals surface area contributed by atoms with Crippen molar-refractivity contribution < 1.29 is 9.13 Å². The van der Waals surface area contributed by atoms with Crippen molar-refractivity contribution in [2.24, 2.45) is 0 Å². The largest absolute Gasteiger partial charge is 0.490 e. The molecule has 0 aliphatic carbocycles. The third-order valence-corrected chi connectivity index (χ3v) is 1.89. The van der Waals surface area contributed by atoms with Crippen molar-refractivity contribution in [3.63, 3.8) is 0 Å². The van der Waals surface area contributed by atoms with Crippen molar-refractivity contribution >= 4 is 10.9 Å². The molecule has 0 atom stereocenters. The summed E-state index contributed by atoms with van der Waals surface area (Å²) in [6.45, 7) is -0.342. The van der Waals surface area contributed by atoms with E-state index in [1.807, 2.05) is 30.5 Å². The molecule has 13 heavy (non-hydrogen) atoms. The average Bonchev–Trinajstić information content (AvgIpc) is 2.62. The van der Waals surface area contributed by atoms with Crippen molar-refractivity contribution in [1.29, 1.82) is 0 Å². The molecule has 68 valence electrons. The Morgan fingerprint density at radius 3 is 3.08 bits per heavy atom. The van der Waals surface area contributed by atoms with E-state index in [4.69, 9.17) is 4.74 Å². The maximum Gasteiger partial charge on any atom is 0.128 e. The van der Waals surface area contributed by atoms with Gasteiger partial charge in [0, 0.05) is 17.1 Å². The topological polar surface area (TPSA) is 25.0 Å². The van der Waals surface area contributed by atoms with Crippen LogP contribution in [0.2, 0.25) is 0 Å². The van der Waals surface area contributed by atoms with Crippen LogP contribution in [-0.4, -0.2) is 18.3 Å². The first-order chi connectivity index (χ1) is 6.42. The predicted molar refractivity (Wildman–Crippen MR) is 49.8 cm³/mol. The van der Waals surface area contributed by atoms with Crippen LogP contribution in [0.1, 0.15) is 0 Å². The number of hydrogen-bond donors (Lipinski definition) is 1. The van der Waals surface area contributed by atoms with Crippen LogP contribution in [0.3, 0.4) is 0 Å². The maximum absolute atomic E-state index is 11.9. The SMILES string of the molecule is FCCOc1cccc2[nH]ccc12. The van der Waals surface area contributed by atoms with Gasteiger partial charge in [0.05, 0.1) is 0 Å². The Balaban J connectivity index is 2.37. The van der Waals surface area contributed by atoms with Crippen LogP contribution in [0.15, 0.2) is 30.5 Å². The third-order valence-electron chi connectivity index (χ3n) is 1.89. The van der Waals surface area contributed by atoms with Gasteiger partial charge >= 0.3 is 0 Å². The van der Waals surface area contributed by atoms with Crippen molar-refractivity contribution in [2.45, 2.75) is 0 Å². The Hall–Kier alpha value is -1.51. The lowest BCUT2D eigenvalue weighted by Crippen LogP contribution is -1.98. The van der Waals surface area contributed by atoms with E-state index in [9.17, 15) is 4.39 Å². The molecule has 2 nitrogen and oxygen atoms in total. The molecule has 0 fully saturated rings. The number of rotatable bonds is 3. The van der Waals surface area contributed by atoms with Gasteiger partial charge in [-0.2, -0.15) is 0 Å². The number of benzene rings is 1. The Morgan fingerprint density at radius 1 is 1.31 bits per heavy atom. The van der Waals surface area contributed by atoms with Crippen molar-refractivity contribution in [3.8, 4) is 5.75 Å². The summed E-state index contributed by atoms with van der Waals surface area (Å²) in [5.74, 6) is 0.733. The van der Waals surface area contributed by atoms with Crippen LogP contribution < -0.4 is 4.74 Å². The van der Waals surface area contributed by atoms with E-state index in [1.54, 1.807) is 0 Å². The highest BCUT2D eigenvalue weighted by Gasteiger charge is 2.01. The molecule has 0 aliphatic rings. The second kappa shape index (κ2) is 3.47. The van der Waals surface area contributed by atoms with Gasteiger partial charge in [-0.05, 0) is 18.2 Å². The number of halogens is 1. The summed E-state index contributed by atoms with van der Waals surface area (Å²) < 4.78 is 17.1. The van der Waals surface area contributed by atoms with Gasteiger partial charge in [-0.25, -0.2) is 4.39 Å². The molecule has 1 heterocycles. The molecule has 0 bridgehead atoms. The predicted octanol–water partition coefficient (Wildman–Crippen LogP) is 2.52. The van der Waals surface area contributed by atoms with Crippen LogP contribution in [0.4, 0.5) is 4.39 Å². The highest BCUT2D eigenvalue weighted by molar-refractivity contribution is 5.85. The molecule has 0 saturated carbocycles. The zero-order valence-corrected chi connectivity index (χ0v) is 7.09. The number of aromatic nitrogens is 1. The molecular weight excluding hydrogens is 169 g/mol. The summed E-state index contributed by atoms with van der Waals surface area (Å²) in [4.78, 5) is 3.06. The molecule has 3 heteroatoms. The fourth-order valence-electron chi connectivity index (χ4n) is 1.33. The van der Waals surface area contributed by atoms with Crippen LogP contribution in [0.5, 0.6) is 5.75 Å². The van der Waals surface area contributed by atoms with E-state index in [2.05, 4.69) is 4.98 Å². The zero-order chi connectivity index (χ0) is 9.10. The monoisotopic (exact) mass is 179 g/mol. The average molecular weight is 179 g/mol. The van der Waals surface area contributed by atoms with Crippen molar-refractivity contribution in [1.82, 2.24) is 4.98 Å². The molecule has 1 N–H and O–H groups in total. The minimum Gasteiger partial charge on any atom is -0.490 e. The van der Waals surface area contributed by atoms with E-state index in [0.29, 0.717) is 0 Å². The number of aromatic amines is 1. The summed E-state index contributed by atoms with van der Waals surface area (Å²) in [6.07, 6.45) is 1.84. The molecule has 0 spiro atoms. The maximum atomic E-state index is 11.9. The molecule has 2 rings (SSSR count). The van der Waals surface area contributed by atoms with E-state index in [0.717, 1.165) is 16.7 Å². The molecule has 1 aromatic carbocycles.